The third-order valence-corrected chi connectivity index (χ3v) is 3.16. The third kappa shape index (κ3) is 2.60. The Kier molecular flexibility index (Phi) is 3.35. The lowest BCUT2D eigenvalue weighted by Gasteiger charge is -2.12. The van der Waals surface area contributed by atoms with Crippen molar-refractivity contribution in [2.45, 2.75) is 13.0 Å². The smallest absolute Gasteiger partial charge is 0.251 e. The predicted molar refractivity (Wildman–Crippen MR) is 75.3 cm³/mol. The van der Waals surface area contributed by atoms with Gasteiger partial charge in [0.25, 0.3) is 5.91 Å². The number of halogens is 1. The first-order valence-corrected chi connectivity index (χ1v) is 6.51. The summed E-state index contributed by atoms with van der Waals surface area (Å²) in [5.74, 6) is -0.173. The van der Waals surface area contributed by atoms with Crippen LogP contribution in [0.3, 0.4) is 0 Å². The molecule has 3 rings (SSSR count). The van der Waals surface area contributed by atoms with Crippen LogP contribution in [0.15, 0.2) is 48.7 Å². The summed E-state index contributed by atoms with van der Waals surface area (Å²) in [6.45, 7) is 1.81. The van der Waals surface area contributed by atoms with Crippen molar-refractivity contribution in [3.05, 3.63) is 65.9 Å². The summed E-state index contributed by atoms with van der Waals surface area (Å²) in [5.41, 5.74) is 0.982. The molecule has 1 atom stereocenters. The number of amides is 1. The van der Waals surface area contributed by atoms with Gasteiger partial charge in [0.2, 0.25) is 0 Å². The normalized spacial score (nSPS) is 12.3. The van der Waals surface area contributed by atoms with Crippen molar-refractivity contribution in [2.75, 3.05) is 0 Å². The van der Waals surface area contributed by atoms with Crippen LogP contribution in [0.1, 0.15) is 29.1 Å². The van der Waals surface area contributed by atoms with Gasteiger partial charge in [-0.1, -0.05) is 12.1 Å². The number of fused-ring (bicyclic) bond motifs is 1. The zero-order chi connectivity index (χ0) is 14.8. The van der Waals surface area contributed by atoms with E-state index in [1.807, 2.05) is 24.4 Å². The van der Waals surface area contributed by atoms with Crippen molar-refractivity contribution >= 4 is 11.6 Å². The molecule has 0 spiro atoms. The van der Waals surface area contributed by atoms with Crippen molar-refractivity contribution in [1.82, 2.24) is 19.9 Å². The minimum Gasteiger partial charge on any atom is -0.342 e. The lowest BCUT2D eigenvalue weighted by atomic mass is 10.2. The van der Waals surface area contributed by atoms with Crippen molar-refractivity contribution in [3.63, 3.8) is 0 Å². The highest BCUT2D eigenvalue weighted by atomic mass is 19.1. The molecule has 1 N–H and O–H groups in total. The minimum absolute atomic E-state index is 0.274. The molecular formula is C15H13FN4O. The molecule has 0 radical (unpaired) electrons. The number of rotatable bonds is 3. The second-order valence-corrected chi connectivity index (χ2v) is 4.69. The Morgan fingerprint density at radius 2 is 2.10 bits per heavy atom. The maximum absolute atomic E-state index is 13.1. The molecule has 0 aliphatic carbocycles. The molecule has 2 aromatic heterocycles. The Labute approximate surface area is 120 Å². The molecule has 5 nitrogen and oxygen atoms in total. The van der Waals surface area contributed by atoms with Gasteiger partial charge >= 0.3 is 0 Å². The van der Waals surface area contributed by atoms with E-state index in [1.54, 1.807) is 17.4 Å². The summed E-state index contributed by atoms with van der Waals surface area (Å²) >= 11 is 0. The minimum atomic E-state index is -0.441. The van der Waals surface area contributed by atoms with Crippen LogP contribution in [0.4, 0.5) is 4.39 Å². The quantitative estimate of drug-likeness (QED) is 0.803. The van der Waals surface area contributed by atoms with E-state index in [1.165, 1.54) is 18.2 Å². The van der Waals surface area contributed by atoms with Gasteiger partial charge in [0.1, 0.15) is 5.82 Å². The predicted octanol–water partition coefficient (Wildman–Crippen LogP) is 2.36. The highest BCUT2D eigenvalue weighted by molar-refractivity contribution is 5.94. The SMILES string of the molecule is C[C@@H](NC(=O)c1cccc(F)c1)c1nnc2ccccn12. The fraction of sp³-hybridized carbons (Fsp3) is 0.133. The van der Waals surface area contributed by atoms with Crippen LogP contribution in [-0.2, 0) is 0 Å². The van der Waals surface area contributed by atoms with E-state index < -0.39 is 5.82 Å². The number of carbonyl (C=O) groups excluding carboxylic acids is 1. The standard InChI is InChI=1S/C15H13FN4O/c1-10(14-19-18-13-7-2-3-8-20(13)14)17-15(21)11-5-4-6-12(16)9-11/h2-10H,1H3,(H,17,21)/t10-/m1/s1. The van der Waals surface area contributed by atoms with Crippen molar-refractivity contribution in [1.29, 1.82) is 0 Å². The number of hydrogen-bond acceptors (Lipinski definition) is 3. The topological polar surface area (TPSA) is 59.3 Å². The van der Waals surface area contributed by atoms with E-state index in [2.05, 4.69) is 15.5 Å². The second kappa shape index (κ2) is 5.32. The molecule has 0 aliphatic heterocycles. The summed E-state index contributed by atoms with van der Waals surface area (Å²) in [6.07, 6.45) is 1.83. The van der Waals surface area contributed by atoms with E-state index in [-0.39, 0.29) is 17.5 Å². The summed E-state index contributed by atoms with van der Waals surface area (Å²) in [5, 5.41) is 10.9. The summed E-state index contributed by atoms with van der Waals surface area (Å²) in [4.78, 5) is 12.1. The molecule has 1 amide bonds. The van der Waals surface area contributed by atoms with Crippen molar-refractivity contribution in [3.8, 4) is 0 Å². The molecule has 106 valence electrons. The lowest BCUT2D eigenvalue weighted by molar-refractivity contribution is 0.0937. The maximum Gasteiger partial charge on any atom is 0.251 e. The van der Waals surface area contributed by atoms with Crippen LogP contribution in [0, 0.1) is 5.82 Å². The van der Waals surface area contributed by atoms with Crippen molar-refractivity contribution in [2.24, 2.45) is 0 Å². The molecule has 21 heavy (non-hydrogen) atoms. The molecule has 0 saturated carbocycles. The van der Waals surface area contributed by atoms with Gasteiger partial charge in [0.15, 0.2) is 11.5 Å². The molecular weight excluding hydrogens is 271 g/mol. The summed E-state index contributed by atoms with van der Waals surface area (Å²) in [6, 6.07) is 10.8. The first-order chi connectivity index (χ1) is 10.1. The summed E-state index contributed by atoms with van der Waals surface area (Å²) in [7, 11) is 0. The van der Waals surface area contributed by atoms with Crippen LogP contribution < -0.4 is 5.32 Å². The largest absolute Gasteiger partial charge is 0.342 e. The Morgan fingerprint density at radius 1 is 1.24 bits per heavy atom. The van der Waals surface area contributed by atoms with Gasteiger partial charge in [-0.15, -0.1) is 10.2 Å². The van der Waals surface area contributed by atoms with Crippen molar-refractivity contribution < 1.29 is 9.18 Å². The fourth-order valence-corrected chi connectivity index (χ4v) is 2.13. The first kappa shape index (κ1) is 13.2. The monoisotopic (exact) mass is 284 g/mol. The van der Waals surface area contributed by atoms with E-state index in [0.717, 1.165) is 0 Å². The molecule has 3 aromatic rings. The third-order valence-electron chi connectivity index (χ3n) is 3.16. The highest BCUT2D eigenvalue weighted by Gasteiger charge is 2.16. The van der Waals surface area contributed by atoms with Crippen LogP contribution in [0.5, 0.6) is 0 Å². The zero-order valence-corrected chi connectivity index (χ0v) is 11.3. The van der Waals surface area contributed by atoms with Gasteiger partial charge in [0.05, 0.1) is 6.04 Å². The molecule has 0 aliphatic rings. The van der Waals surface area contributed by atoms with Crippen LogP contribution in [0.2, 0.25) is 0 Å². The van der Waals surface area contributed by atoms with Crippen LogP contribution >= 0.6 is 0 Å². The number of nitrogens with zero attached hydrogens (tertiary/aromatic N) is 3. The number of benzene rings is 1. The van der Waals surface area contributed by atoms with Gasteiger partial charge in [-0.2, -0.15) is 0 Å². The molecule has 0 bridgehead atoms. The lowest BCUT2D eigenvalue weighted by Crippen LogP contribution is -2.28. The number of pyridine rings is 1. The zero-order valence-electron chi connectivity index (χ0n) is 11.3. The number of aromatic nitrogens is 3. The van der Waals surface area contributed by atoms with E-state index in [4.69, 9.17) is 0 Å². The Balaban J connectivity index is 1.83. The van der Waals surface area contributed by atoms with Crippen LogP contribution in [-0.4, -0.2) is 20.5 Å². The first-order valence-electron chi connectivity index (χ1n) is 6.51. The number of nitrogens with one attached hydrogen (secondary N) is 1. The molecule has 0 unspecified atom stereocenters. The molecule has 6 heteroatoms. The number of hydrogen-bond donors (Lipinski definition) is 1. The van der Waals surface area contributed by atoms with E-state index in [0.29, 0.717) is 11.5 Å². The van der Waals surface area contributed by atoms with Gasteiger partial charge in [-0.05, 0) is 37.3 Å². The second-order valence-electron chi connectivity index (χ2n) is 4.69. The maximum atomic E-state index is 13.1. The van der Waals surface area contributed by atoms with Gasteiger partial charge in [0, 0.05) is 11.8 Å². The van der Waals surface area contributed by atoms with Gasteiger partial charge < -0.3 is 5.32 Å². The molecule has 0 saturated heterocycles. The Hall–Kier alpha value is -2.76. The van der Waals surface area contributed by atoms with Crippen LogP contribution in [0.25, 0.3) is 5.65 Å². The van der Waals surface area contributed by atoms with E-state index in [9.17, 15) is 9.18 Å². The fourth-order valence-electron chi connectivity index (χ4n) is 2.13. The number of carbonyl (C=O) groups is 1. The van der Waals surface area contributed by atoms with Gasteiger partial charge in [-0.3, -0.25) is 9.20 Å². The van der Waals surface area contributed by atoms with Gasteiger partial charge in [-0.25, -0.2) is 4.39 Å². The Bertz CT molecular complexity index is 799. The highest BCUT2D eigenvalue weighted by Crippen LogP contribution is 2.13. The summed E-state index contributed by atoms with van der Waals surface area (Å²) < 4.78 is 14.9. The Morgan fingerprint density at radius 3 is 2.90 bits per heavy atom. The molecule has 0 fully saturated rings. The molecule has 2 heterocycles. The average Bonchev–Trinajstić information content (AvgIpc) is 2.91. The molecule has 1 aromatic carbocycles. The average molecular weight is 284 g/mol. The van der Waals surface area contributed by atoms with E-state index >= 15 is 0 Å².